The molecule has 2 aliphatic rings. The molecule has 1 aliphatic heterocycles. The molecule has 1 N–H and O–H groups in total. The fourth-order valence-corrected chi connectivity index (χ4v) is 4.12. The SMILES string of the molecule is [C-]#[N+]c1ccc2c(c1)C(c1ncnc3c1cnn3C1CCCC1)C(=O)N2. The third kappa shape index (κ3) is 2.12. The van der Waals surface area contributed by atoms with E-state index in [1.807, 2.05) is 4.68 Å². The predicted molar refractivity (Wildman–Crippen MR) is 96.0 cm³/mol. The van der Waals surface area contributed by atoms with Gasteiger partial charge < -0.3 is 5.32 Å². The number of rotatable bonds is 2. The van der Waals surface area contributed by atoms with Gasteiger partial charge in [-0.1, -0.05) is 25.0 Å². The number of hydrogen-bond donors (Lipinski definition) is 1. The average molecular weight is 344 g/mol. The summed E-state index contributed by atoms with van der Waals surface area (Å²) in [6.07, 6.45) is 7.92. The van der Waals surface area contributed by atoms with E-state index in [-0.39, 0.29) is 5.91 Å². The molecule has 5 rings (SSSR count). The number of fused-ring (bicyclic) bond motifs is 2. The molecule has 1 atom stereocenters. The minimum Gasteiger partial charge on any atom is -0.325 e. The molecule has 3 aromatic rings. The summed E-state index contributed by atoms with van der Waals surface area (Å²) in [5.41, 5.74) is 3.47. The summed E-state index contributed by atoms with van der Waals surface area (Å²) >= 11 is 0. The minimum absolute atomic E-state index is 0.129. The molecule has 1 saturated carbocycles. The molecule has 1 amide bonds. The van der Waals surface area contributed by atoms with Gasteiger partial charge in [-0.3, -0.25) is 4.79 Å². The summed E-state index contributed by atoms with van der Waals surface area (Å²) in [5, 5.41) is 8.26. The van der Waals surface area contributed by atoms with Gasteiger partial charge in [-0.05, 0) is 24.5 Å². The summed E-state index contributed by atoms with van der Waals surface area (Å²) in [6.45, 7) is 7.24. The molecule has 0 radical (unpaired) electrons. The second-order valence-electron chi connectivity index (χ2n) is 6.83. The van der Waals surface area contributed by atoms with Crippen molar-refractivity contribution in [2.45, 2.75) is 37.6 Å². The van der Waals surface area contributed by atoms with Gasteiger partial charge in [0.2, 0.25) is 5.91 Å². The Labute approximate surface area is 149 Å². The summed E-state index contributed by atoms with van der Waals surface area (Å²) in [7, 11) is 0. The van der Waals surface area contributed by atoms with Crippen molar-refractivity contribution in [1.29, 1.82) is 0 Å². The van der Waals surface area contributed by atoms with Crippen molar-refractivity contribution in [1.82, 2.24) is 19.7 Å². The van der Waals surface area contributed by atoms with Crippen LogP contribution < -0.4 is 5.32 Å². The second kappa shape index (κ2) is 5.63. The highest BCUT2D eigenvalue weighted by Gasteiger charge is 2.35. The van der Waals surface area contributed by atoms with Gasteiger partial charge in [-0.15, -0.1) is 0 Å². The first kappa shape index (κ1) is 15.0. The Morgan fingerprint density at radius 3 is 2.88 bits per heavy atom. The normalized spacial score (nSPS) is 19.5. The van der Waals surface area contributed by atoms with Gasteiger partial charge in [0.25, 0.3) is 0 Å². The molecular formula is C19H16N6O. The molecular weight excluding hydrogens is 328 g/mol. The lowest BCUT2D eigenvalue weighted by Gasteiger charge is -2.12. The van der Waals surface area contributed by atoms with Gasteiger partial charge in [-0.2, -0.15) is 5.10 Å². The average Bonchev–Trinajstić information content (AvgIpc) is 3.38. The Balaban J connectivity index is 1.67. The smallest absolute Gasteiger partial charge is 0.238 e. The molecule has 128 valence electrons. The van der Waals surface area contributed by atoms with Crippen LogP contribution in [0.3, 0.4) is 0 Å². The van der Waals surface area contributed by atoms with Crippen LogP contribution in [0.5, 0.6) is 0 Å². The predicted octanol–water partition coefficient (Wildman–Crippen LogP) is 3.58. The maximum Gasteiger partial charge on any atom is 0.238 e. The number of carbonyl (C=O) groups excluding carboxylic acids is 1. The Morgan fingerprint density at radius 1 is 1.23 bits per heavy atom. The molecule has 26 heavy (non-hydrogen) atoms. The molecule has 1 unspecified atom stereocenters. The molecule has 0 saturated heterocycles. The zero-order valence-corrected chi connectivity index (χ0v) is 14.0. The molecule has 2 aromatic heterocycles. The summed E-state index contributed by atoms with van der Waals surface area (Å²) in [6, 6.07) is 5.62. The molecule has 7 heteroatoms. The molecule has 7 nitrogen and oxygen atoms in total. The van der Waals surface area contributed by atoms with E-state index in [1.54, 1.807) is 24.4 Å². The number of anilines is 1. The number of nitrogens with zero attached hydrogens (tertiary/aromatic N) is 5. The van der Waals surface area contributed by atoms with E-state index in [9.17, 15) is 4.79 Å². The molecule has 1 aliphatic carbocycles. The number of aromatic nitrogens is 4. The third-order valence-electron chi connectivity index (χ3n) is 5.36. The van der Waals surface area contributed by atoms with Crippen LogP contribution in [0, 0.1) is 6.57 Å². The van der Waals surface area contributed by atoms with E-state index in [0.29, 0.717) is 17.4 Å². The van der Waals surface area contributed by atoms with Crippen molar-refractivity contribution in [3.63, 3.8) is 0 Å². The number of hydrogen-bond acceptors (Lipinski definition) is 4. The fourth-order valence-electron chi connectivity index (χ4n) is 4.12. The van der Waals surface area contributed by atoms with E-state index in [1.165, 1.54) is 19.2 Å². The lowest BCUT2D eigenvalue weighted by molar-refractivity contribution is -0.116. The van der Waals surface area contributed by atoms with Crippen LogP contribution in [0.15, 0.2) is 30.7 Å². The van der Waals surface area contributed by atoms with Gasteiger partial charge in [0.15, 0.2) is 11.3 Å². The zero-order valence-electron chi connectivity index (χ0n) is 14.0. The summed E-state index contributed by atoms with van der Waals surface area (Å²) < 4.78 is 1.98. The van der Waals surface area contributed by atoms with Crippen LogP contribution in [0.4, 0.5) is 11.4 Å². The van der Waals surface area contributed by atoms with E-state index < -0.39 is 5.92 Å². The minimum atomic E-state index is -0.543. The molecule has 3 heterocycles. The summed E-state index contributed by atoms with van der Waals surface area (Å²) in [4.78, 5) is 25.0. The zero-order chi connectivity index (χ0) is 17.7. The Morgan fingerprint density at radius 2 is 2.08 bits per heavy atom. The van der Waals surface area contributed by atoms with E-state index >= 15 is 0 Å². The first-order chi connectivity index (χ1) is 12.8. The van der Waals surface area contributed by atoms with Crippen molar-refractivity contribution in [3.05, 3.63) is 53.4 Å². The van der Waals surface area contributed by atoms with Crippen LogP contribution in [0.2, 0.25) is 0 Å². The number of benzene rings is 1. The maximum absolute atomic E-state index is 12.7. The molecule has 1 aromatic carbocycles. The van der Waals surface area contributed by atoms with Crippen LogP contribution in [0.25, 0.3) is 15.9 Å². The van der Waals surface area contributed by atoms with E-state index in [2.05, 4.69) is 25.2 Å². The lowest BCUT2D eigenvalue weighted by atomic mass is 9.95. The molecule has 0 bridgehead atoms. The second-order valence-corrected chi connectivity index (χ2v) is 6.83. The lowest BCUT2D eigenvalue weighted by Crippen LogP contribution is -2.15. The Bertz CT molecular complexity index is 1070. The molecule has 1 fully saturated rings. The first-order valence-electron chi connectivity index (χ1n) is 8.76. The van der Waals surface area contributed by atoms with Crippen LogP contribution >= 0.6 is 0 Å². The van der Waals surface area contributed by atoms with Crippen molar-refractivity contribution in [3.8, 4) is 0 Å². The van der Waals surface area contributed by atoms with Crippen LogP contribution in [-0.2, 0) is 4.79 Å². The number of carbonyl (C=O) groups is 1. The number of amides is 1. The highest BCUT2D eigenvalue weighted by molar-refractivity contribution is 6.06. The van der Waals surface area contributed by atoms with Gasteiger partial charge >= 0.3 is 0 Å². The van der Waals surface area contributed by atoms with Gasteiger partial charge in [0.1, 0.15) is 12.2 Å². The van der Waals surface area contributed by atoms with E-state index in [0.717, 1.165) is 35.1 Å². The highest BCUT2D eigenvalue weighted by Crippen LogP contribution is 2.41. The Hall–Kier alpha value is -3.27. The molecule has 0 spiro atoms. The van der Waals surface area contributed by atoms with Crippen molar-refractivity contribution >= 4 is 28.3 Å². The Kier molecular flexibility index (Phi) is 3.25. The third-order valence-corrected chi connectivity index (χ3v) is 5.36. The van der Waals surface area contributed by atoms with Gasteiger partial charge in [0, 0.05) is 5.69 Å². The maximum atomic E-state index is 12.7. The van der Waals surface area contributed by atoms with Crippen molar-refractivity contribution in [2.75, 3.05) is 5.32 Å². The monoisotopic (exact) mass is 344 g/mol. The summed E-state index contributed by atoms with van der Waals surface area (Å²) in [5.74, 6) is -0.672. The number of nitrogens with one attached hydrogen (secondary N) is 1. The van der Waals surface area contributed by atoms with Crippen molar-refractivity contribution < 1.29 is 4.79 Å². The van der Waals surface area contributed by atoms with Crippen LogP contribution in [-0.4, -0.2) is 25.7 Å². The van der Waals surface area contributed by atoms with Gasteiger partial charge in [-0.25, -0.2) is 19.5 Å². The largest absolute Gasteiger partial charge is 0.325 e. The van der Waals surface area contributed by atoms with Crippen molar-refractivity contribution in [2.24, 2.45) is 0 Å². The van der Waals surface area contributed by atoms with Gasteiger partial charge in [0.05, 0.1) is 29.9 Å². The highest BCUT2D eigenvalue weighted by atomic mass is 16.2. The quantitative estimate of drug-likeness (QED) is 0.721. The van der Waals surface area contributed by atoms with Crippen LogP contribution in [0.1, 0.15) is 48.9 Å². The topological polar surface area (TPSA) is 77.1 Å². The fraction of sp³-hybridized carbons (Fsp3) is 0.316. The first-order valence-corrected chi connectivity index (χ1v) is 8.76. The van der Waals surface area contributed by atoms with E-state index in [4.69, 9.17) is 6.57 Å². The standard InChI is InChI=1S/C19H16N6O/c1-20-11-6-7-15-13(8-11)16(19(26)24-15)17-14-9-23-25(12-4-2-3-5-12)18(14)22-10-21-17/h6-10,12,16H,2-5H2,(H,24,26).